The van der Waals surface area contributed by atoms with Crippen LogP contribution in [0.25, 0.3) is 10.6 Å². The van der Waals surface area contributed by atoms with Crippen LogP contribution in [0.15, 0.2) is 23.6 Å². The number of hydrogen-bond acceptors (Lipinski definition) is 3. The molecule has 3 rings (SSSR count). The second kappa shape index (κ2) is 6.42. The first-order valence-electron chi connectivity index (χ1n) is 7.17. The van der Waals surface area contributed by atoms with E-state index < -0.39 is 0 Å². The summed E-state index contributed by atoms with van der Waals surface area (Å²) in [5.41, 5.74) is 2.41. The Hall–Kier alpha value is -0.970. The molecule has 0 saturated heterocycles. The Bertz CT molecular complexity index is 624. The van der Waals surface area contributed by atoms with E-state index >= 15 is 0 Å². The molecule has 0 amide bonds. The highest BCUT2D eigenvalue weighted by molar-refractivity contribution is 7.13. The molecule has 21 heavy (non-hydrogen) atoms. The van der Waals surface area contributed by atoms with Crippen LogP contribution in [0.2, 0.25) is 0 Å². The quantitative estimate of drug-likeness (QED) is 0.743. The van der Waals surface area contributed by atoms with Gasteiger partial charge in [0.05, 0.1) is 11.6 Å². The van der Waals surface area contributed by atoms with Crippen molar-refractivity contribution in [3.05, 3.63) is 40.7 Å². The van der Waals surface area contributed by atoms with Gasteiger partial charge in [-0.1, -0.05) is 18.6 Å². The molecule has 0 radical (unpaired) electrons. The Labute approximate surface area is 133 Å². The van der Waals surface area contributed by atoms with Crippen molar-refractivity contribution in [2.24, 2.45) is 0 Å². The summed E-state index contributed by atoms with van der Waals surface area (Å²) in [6.07, 6.45) is 3.76. The van der Waals surface area contributed by atoms with Gasteiger partial charge >= 0.3 is 0 Å². The van der Waals surface area contributed by atoms with E-state index in [-0.39, 0.29) is 5.82 Å². The summed E-state index contributed by atoms with van der Waals surface area (Å²) < 4.78 is 14.3. The summed E-state index contributed by atoms with van der Waals surface area (Å²) in [4.78, 5) is 6.64. The van der Waals surface area contributed by atoms with Crippen molar-refractivity contribution < 1.29 is 4.39 Å². The summed E-state index contributed by atoms with van der Waals surface area (Å²) in [6, 6.07) is 6.03. The van der Waals surface area contributed by atoms with Crippen molar-refractivity contribution in [3.8, 4) is 10.6 Å². The first-order valence-corrected chi connectivity index (χ1v) is 8.58. The Morgan fingerprint density at radius 1 is 1.43 bits per heavy atom. The monoisotopic (exact) mass is 324 g/mol. The Kier molecular flexibility index (Phi) is 4.57. The molecule has 1 aliphatic carbocycles. The maximum atomic E-state index is 14.3. The van der Waals surface area contributed by atoms with E-state index in [1.165, 1.54) is 30.6 Å². The molecule has 2 aromatic rings. The number of hydrogen-bond donors (Lipinski definition) is 0. The van der Waals surface area contributed by atoms with Gasteiger partial charge in [-0.15, -0.1) is 22.9 Å². The van der Waals surface area contributed by atoms with Crippen molar-refractivity contribution >= 4 is 22.9 Å². The van der Waals surface area contributed by atoms with Gasteiger partial charge < -0.3 is 0 Å². The molecule has 0 aliphatic heterocycles. The number of aromatic nitrogens is 1. The fourth-order valence-electron chi connectivity index (χ4n) is 2.53. The van der Waals surface area contributed by atoms with Gasteiger partial charge in [-0.3, -0.25) is 4.90 Å². The third-order valence-corrected chi connectivity index (χ3v) is 5.32. The molecule has 5 heteroatoms. The number of thiazole rings is 1. The van der Waals surface area contributed by atoms with Crippen LogP contribution in [0.5, 0.6) is 0 Å². The van der Waals surface area contributed by atoms with E-state index in [4.69, 9.17) is 11.6 Å². The lowest BCUT2D eigenvalue weighted by atomic mass is 9.91. The van der Waals surface area contributed by atoms with E-state index in [9.17, 15) is 4.39 Å². The lowest BCUT2D eigenvalue weighted by Gasteiger charge is -2.34. The van der Waals surface area contributed by atoms with Crippen LogP contribution in [-0.4, -0.2) is 23.0 Å². The summed E-state index contributed by atoms with van der Waals surface area (Å²) in [6.45, 7) is 0.668. The zero-order valence-electron chi connectivity index (χ0n) is 12.0. The topological polar surface area (TPSA) is 16.1 Å². The summed E-state index contributed by atoms with van der Waals surface area (Å²) in [5.74, 6) is 0.241. The minimum atomic E-state index is -0.152. The highest BCUT2D eigenvalue weighted by Gasteiger charge is 2.22. The van der Waals surface area contributed by atoms with Crippen molar-refractivity contribution in [2.75, 3.05) is 7.05 Å². The predicted molar refractivity (Wildman–Crippen MR) is 86.2 cm³/mol. The van der Waals surface area contributed by atoms with Gasteiger partial charge in [0.2, 0.25) is 0 Å². The minimum Gasteiger partial charge on any atom is -0.299 e. The van der Waals surface area contributed by atoms with Gasteiger partial charge in [0.25, 0.3) is 0 Å². The number of benzene rings is 1. The van der Waals surface area contributed by atoms with E-state index in [0.717, 1.165) is 21.8 Å². The van der Waals surface area contributed by atoms with Gasteiger partial charge in [0.1, 0.15) is 10.8 Å². The maximum absolute atomic E-state index is 14.3. The Morgan fingerprint density at radius 2 is 2.24 bits per heavy atom. The van der Waals surface area contributed by atoms with Gasteiger partial charge in [-0.05, 0) is 26.0 Å². The van der Waals surface area contributed by atoms with Gasteiger partial charge in [-0.25, -0.2) is 9.37 Å². The van der Waals surface area contributed by atoms with Crippen LogP contribution in [0.4, 0.5) is 4.39 Å². The first kappa shape index (κ1) is 14.9. The number of alkyl halides is 1. The van der Waals surface area contributed by atoms with Crippen LogP contribution < -0.4 is 0 Å². The Morgan fingerprint density at radius 3 is 2.81 bits per heavy atom. The molecule has 2 nitrogen and oxygen atoms in total. The number of nitrogens with zero attached hydrogens (tertiary/aromatic N) is 2. The fourth-order valence-corrected chi connectivity index (χ4v) is 3.58. The lowest BCUT2D eigenvalue weighted by Crippen LogP contribution is -2.36. The van der Waals surface area contributed by atoms with E-state index in [2.05, 4.69) is 16.9 Å². The third kappa shape index (κ3) is 3.28. The maximum Gasteiger partial charge on any atom is 0.128 e. The highest BCUT2D eigenvalue weighted by Crippen LogP contribution is 2.28. The second-order valence-corrected chi connectivity index (χ2v) is 6.71. The smallest absolute Gasteiger partial charge is 0.128 e. The number of rotatable bonds is 5. The molecule has 0 atom stereocenters. The van der Waals surface area contributed by atoms with Crippen LogP contribution in [0.1, 0.15) is 30.5 Å². The highest BCUT2D eigenvalue weighted by atomic mass is 35.5. The van der Waals surface area contributed by atoms with Crippen molar-refractivity contribution in [2.45, 2.75) is 37.7 Å². The largest absolute Gasteiger partial charge is 0.299 e. The third-order valence-electron chi connectivity index (χ3n) is 4.11. The molecule has 1 saturated carbocycles. The molecule has 0 bridgehead atoms. The molecule has 112 valence electrons. The fraction of sp³-hybridized carbons (Fsp3) is 0.438. The molecule has 1 aromatic carbocycles. The van der Waals surface area contributed by atoms with E-state index in [1.54, 1.807) is 6.07 Å². The van der Waals surface area contributed by atoms with Crippen LogP contribution in [0.3, 0.4) is 0 Å². The van der Waals surface area contributed by atoms with Gasteiger partial charge in [-0.2, -0.15) is 0 Å². The molecule has 1 heterocycles. The molecule has 0 N–H and O–H groups in total. The zero-order valence-corrected chi connectivity index (χ0v) is 13.6. The van der Waals surface area contributed by atoms with Gasteiger partial charge in [0, 0.05) is 29.1 Å². The zero-order chi connectivity index (χ0) is 14.8. The summed E-state index contributed by atoms with van der Waals surface area (Å²) >= 11 is 7.26. The molecule has 1 aromatic heterocycles. The molecule has 1 fully saturated rings. The van der Waals surface area contributed by atoms with E-state index in [1.807, 2.05) is 17.5 Å². The van der Waals surface area contributed by atoms with Gasteiger partial charge in [0.15, 0.2) is 0 Å². The van der Waals surface area contributed by atoms with Crippen molar-refractivity contribution in [3.63, 3.8) is 0 Å². The molecule has 0 spiro atoms. The summed E-state index contributed by atoms with van der Waals surface area (Å²) in [5, 5.41) is 2.74. The van der Waals surface area contributed by atoms with Crippen molar-refractivity contribution in [1.82, 2.24) is 9.88 Å². The summed E-state index contributed by atoms with van der Waals surface area (Å²) in [7, 11) is 2.07. The second-order valence-electron chi connectivity index (χ2n) is 5.58. The average Bonchev–Trinajstić information content (AvgIpc) is 2.88. The number of halogens is 2. The normalized spacial score (nSPS) is 15.4. The Balaban J connectivity index is 1.75. The van der Waals surface area contributed by atoms with Crippen LogP contribution >= 0.6 is 22.9 Å². The SMILES string of the molecule is CN(Cc1ccc(-c2nc(CCl)cs2)cc1F)C1CCC1. The first-order chi connectivity index (χ1) is 10.2. The standard InChI is InChI=1S/C16H18ClFN2S/c1-20(14-3-2-4-14)9-12-6-5-11(7-15(12)18)16-19-13(8-17)10-21-16/h5-7,10,14H,2-4,8-9H2,1H3. The minimum absolute atomic E-state index is 0.152. The van der Waals surface area contributed by atoms with Crippen LogP contribution in [0, 0.1) is 5.82 Å². The molecule has 1 aliphatic rings. The average molecular weight is 325 g/mol. The molecule has 0 unspecified atom stereocenters. The lowest BCUT2D eigenvalue weighted by molar-refractivity contribution is 0.151. The predicted octanol–water partition coefficient (Wildman–Crippen LogP) is 4.67. The van der Waals surface area contributed by atoms with Crippen molar-refractivity contribution in [1.29, 1.82) is 0 Å². The van der Waals surface area contributed by atoms with Crippen LogP contribution in [-0.2, 0) is 12.4 Å². The van der Waals surface area contributed by atoms with E-state index in [0.29, 0.717) is 18.5 Å². The molecular weight excluding hydrogens is 307 g/mol. The molecular formula is C16H18ClFN2S.